The first-order chi connectivity index (χ1) is 13.2. The van der Waals surface area contributed by atoms with Gasteiger partial charge in [0.2, 0.25) is 0 Å². The zero-order valence-electron chi connectivity index (χ0n) is 14.9. The zero-order valence-corrected chi connectivity index (χ0v) is 14.9. The molecule has 0 spiro atoms. The van der Waals surface area contributed by atoms with Gasteiger partial charge in [-0.05, 0) is 24.3 Å². The number of carbonyl (C=O) groups excluding carboxylic acids is 1. The summed E-state index contributed by atoms with van der Waals surface area (Å²) in [4.78, 5) is 21.0. The standard InChI is InChI=1S/C20H19N5O2/c1-27-13-25-15-12-20(16-6-2-4-10-22-16,17-7-3-5-11-23-17)9-8-14(15)18(24-25)19(21)26/h2-11H,12-13H2,1H3,(H2,21,26). The molecule has 4 rings (SSSR count). The first-order valence-electron chi connectivity index (χ1n) is 8.56. The molecule has 0 unspecified atom stereocenters. The van der Waals surface area contributed by atoms with Crippen molar-refractivity contribution < 1.29 is 9.53 Å². The maximum atomic E-state index is 11.8. The van der Waals surface area contributed by atoms with Crippen molar-refractivity contribution in [3.63, 3.8) is 0 Å². The molecule has 0 aromatic carbocycles. The number of primary amides is 1. The highest BCUT2D eigenvalue weighted by molar-refractivity contribution is 5.95. The summed E-state index contributed by atoms with van der Waals surface area (Å²) in [7, 11) is 1.58. The van der Waals surface area contributed by atoms with Crippen LogP contribution in [0.4, 0.5) is 0 Å². The van der Waals surface area contributed by atoms with Gasteiger partial charge in [0, 0.05) is 31.5 Å². The van der Waals surface area contributed by atoms with Gasteiger partial charge < -0.3 is 10.5 Å². The second kappa shape index (κ2) is 6.77. The Bertz CT molecular complexity index is 956. The van der Waals surface area contributed by atoms with E-state index in [0.29, 0.717) is 6.42 Å². The number of rotatable bonds is 5. The highest BCUT2D eigenvalue weighted by Gasteiger charge is 2.40. The molecule has 1 amide bonds. The number of nitrogens with zero attached hydrogens (tertiary/aromatic N) is 4. The van der Waals surface area contributed by atoms with Crippen LogP contribution in [0.2, 0.25) is 0 Å². The Morgan fingerprint density at radius 2 is 1.85 bits per heavy atom. The molecule has 0 saturated heterocycles. The maximum absolute atomic E-state index is 11.8. The van der Waals surface area contributed by atoms with Gasteiger partial charge in [0.15, 0.2) is 5.69 Å². The van der Waals surface area contributed by atoms with E-state index >= 15 is 0 Å². The van der Waals surface area contributed by atoms with Crippen LogP contribution in [0, 0.1) is 0 Å². The van der Waals surface area contributed by atoms with Crippen molar-refractivity contribution in [2.24, 2.45) is 5.73 Å². The predicted molar refractivity (Wildman–Crippen MR) is 99.7 cm³/mol. The van der Waals surface area contributed by atoms with E-state index in [4.69, 9.17) is 10.5 Å². The summed E-state index contributed by atoms with van der Waals surface area (Å²) in [6, 6.07) is 11.6. The predicted octanol–water partition coefficient (Wildman–Crippen LogP) is 1.93. The van der Waals surface area contributed by atoms with E-state index < -0.39 is 11.3 Å². The van der Waals surface area contributed by atoms with Crippen molar-refractivity contribution in [1.82, 2.24) is 19.7 Å². The number of carbonyl (C=O) groups is 1. The van der Waals surface area contributed by atoms with Gasteiger partial charge in [-0.3, -0.25) is 14.8 Å². The van der Waals surface area contributed by atoms with Crippen LogP contribution in [-0.4, -0.2) is 32.8 Å². The SMILES string of the molecule is COCn1nc(C(N)=O)c2c1CC(c1ccccn1)(c1ccccn1)C=C2. The fourth-order valence-electron chi connectivity index (χ4n) is 3.57. The Kier molecular flexibility index (Phi) is 4.29. The molecule has 0 atom stereocenters. The number of allylic oxidation sites excluding steroid dienone is 1. The average Bonchev–Trinajstić information content (AvgIpc) is 3.07. The summed E-state index contributed by atoms with van der Waals surface area (Å²) in [5.41, 5.74) is 8.53. The number of pyridine rings is 2. The van der Waals surface area contributed by atoms with E-state index in [-0.39, 0.29) is 12.4 Å². The molecule has 0 radical (unpaired) electrons. The van der Waals surface area contributed by atoms with Crippen molar-refractivity contribution >= 4 is 12.0 Å². The molecule has 7 nitrogen and oxygen atoms in total. The van der Waals surface area contributed by atoms with E-state index in [1.807, 2.05) is 48.6 Å². The summed E-state index contributed by atoms with van der Waals surface area (Å²) in [5, 5.41) is 4.36. The molecule has 136 valence electrons. The molecule has 0 saturated carbocycles. The minimum absolute atomic E-state index is 0.226. The third-order valence-electron chi connectivity index (χ3n) is 4.81. The van der Waals surface area contributed by atoms with Crippen LogP contribution in [0.15, 0.2) is 54.9 Å². The van der Waals surface area contributed by atoms with Crippen LogP contribution in [0.5, 0.6) is 0 Å². The molecule has 0 bridgehead atoms. The van der Waals surface area contributed by atoms with E-state index in [1.54, 1.807) is 24.2 Å². The number of hydrogen-bond acceptors (Lipinski definition) is 5. The number of ether oxygens (including phenoxy) is 1. The average molecular weight is 361 g/mol. The molecule has 27 heavy (non-hydrogen) atoms. The topological polar surface area (TPSA) is 95.9 Å². The molecule has 0 fully saturated rings. The van der Waals surface area contributed by atoms with Gasteiger partial charge in [0.1, 0.15) is 6.73 Å². The lowest BCUT2D eigenvalue weighted by atomic mass is 9.72. The lowest BCUT2D eigenvalue weighted by Gasteiger charge is -2.32. The summed E-state index contributed by atoms with van der Waals surface area (Å²) in [6.07, 6.45) is 8.00. The van der Waals surface area contributed by atoms with Gasteiger partial charge in [-0.1, -0.05) is 24.3 Å². The Labute approximate surface area is 156 Å². The monoisotopic (exact) mass is 361 g/mol. The van der Waals surface area contributed by atoms with Crippen LogP contribution in [-0.2, 0) is 23.3 Å². The van der Waals surface area contributed by atoms with E-state index in [0.717, 1.165) is 22.6 Å². The maximum Gasteiger partial charge on any atom is 0.269 e. The summed E-state index contributed by atoms with van der Waals surface area (Å²) < 4.78 is 6.94. The fourth-order valence-corrected chi connectivity index (χ4v) is 3.57. The van der Waals surface area contributed by atoms with Crippen molar-refractivity contribution in [2.45, 2.75) is 18.6 Å². The first-order valence-corrected chi connectivity index (χ1v) is 8.56. The van der Waals surface area contributed by atoms with E-state index in [9.17, 15) is 4.79 Å². The largest absolute Gasteiger partial charge is 0.364 e. The highest BCUT2D eigenvalue weighted by Crippen LogP contribution is 2.40. The minimum Gasteiger partial charge on any atom is -0.364 e. The third-order valence-corrected chi connectivity index (χ3v) is 4.81. The Morgan fingerprint density at radius 3 is 2.37 bits per heavy atom. The zero-order chi connectivity index (χ0) is 18.9. The van der Waals surface area contributed by atoms with E-state index in [1.165, 1.54) is 0 Å². The number of hydrogen-bond donors (Lipinski definition) is 1. The van der Waals surface area contributed by atoms with Crippen LogP contribution in [0.3, 0.4) is 0 Å². The van der Waals surface area contributed by atoms with Gasteiger partial charge in [-0.25, -0.2) is 4.68 Å². The molecule has 7 heteroatoms. The van der Waals surface area contributed by atoms with Gasteiger partial charge in [-0.2, -0.15) is 5.10 Å². The van der Waals surface area contributed by atoms with Gasteiger partial charge in [0.25, 0.3) is 5.91 Å². The molecular weight excluding hydrogens is 342 g/mol. The fraction of sp³-hybridized carbons (Fsp3) is 0.200. The van der Waals surface area contributed by atoms with Crippen LogP contribution < -0.4 is 5.73 Å². The molecule has 3 aromatic rings. The smallest absolute Gasteiger partial charge is 0.269 e. The van der Waals surface area contributed by atoms with Crippen molar-refractivity contribution in [2.75, 3.05) is 7.11 Å². The lowest BCUT2D eigenvalue weighted by molar-refractivity contribution is 0.0985. The van der Waals surface area contributed by atoms with Crippen molar-refractivity contribution in [3.8, 4) is 0 Å². The third kappa shape index (κ3) is 2.82. The molecule has 3 aromatic heterocycles. The molecule has 0 aliphatic heterocycles. The van der Waals surface area contributed by atoms with Gasteiger partial charge in [0.05, 0.1) is 22.5 Å². The summed E-state index contributed by atoms with van der Waals surface area (Å²) >= 11 is 0. The quantitative estimate of drug-likeness (QED) is 0.749. The Morgan fingerprint density at radius 1 is 1.19 bits per heavy atom. The second-order valence-electron chi connectivity index (χ2n) is 6.40. The molecule has 2 N–H and O–H groups in total. The molecule has 3 heterocycles. The lowest BCUT2D eigenvalue weighted by Crippen LogP contribution is -2.33. The summed E-state index contributed by atoms with van der Waals surface area (Å²) in [5.74, 6) is -0.561. The molecule has 1 aliphatic rings. The highest BCUT2D eigenvalue weighted by atomic mass is 16.5. The second-order valence-corrected chi connectivity index (χ2v) is 6.40. The minimum atomic E-state index is -0.573. The Hall–Kier alpha value is -3.32. The number of methoxy groups -OCH3 is 1. The van der Waals surface area contributed by atoms with Crippen LogP contribution in [0.25, 0.3) is 6.08 Å². The molecule has 1 aliphatic carbocycles. The number of amides is 1. The number of fused-ring (bicyclic) bond motifs is 1. The van der Waals surface area contributed by atoms with Gasteiger partial charge in [-0.15, -0.1) is 0 Å². The first kappa shape index (κ1) is 17.1. The van der Waals surface area contributed by atoms with Crippen LogP contribution in [0.1, 0.15) is 33.1 Å². The van der Waals surface area contributed by atoms with Crippen molar-refractivity contribution in [3.05, 3.63) is 83.2 Å². The normalized spacial score (nSPS) is 14.7. The van der Waals surface area contributed by atoms with Gasteiger partial charge >= 0.3 is 0 Å². The van der Waals surface area contributed by atoms with Crippen LogP contribution >= 0.6 is 0 Å². The number of aromatic nitrogens is 4. The molecular formula is C20H19N5O2. The summed E-state index contributed by atoms with van der Waals surface area (Å²) in [6.45, 7) is 0.226. The van der Waals surface area contributed by atoms with Crippen molar-refractivity contribution in [1.29, 1.82) is 0 Å². The van der Waals surface area contributed by atoms with E-state index in [2.05, 4.69) is 15.1 Å². The Balaban J connectivity index is 1.93. The number of nitrogens with two attached hydrogens (primary N) is 1.